The quantitative estimate of drug-likeness (QED) is 0.159. The topological polar surface area (TPSA) is 60.2 Å². The Morgan fingerprint density at radius 2 is 1.15 bits per heavy atom. The van der Waals surface area contributed by atoms with Crippen LogP contribution in [0.15, 0.2) is 0 Å². The molecule has 3 heteroatoms. The number of rotatable bonds is 19. The lowest BCUT2D eigenvalue weighted by molar-refractivity contribution is -0.164. The maximum atomic E-state index is 13.5. The van der Waals surface area contributed by atoms with Crippen molar-refractivity contribution in [1.82, 2.24) is 0 Å². The molecule has 0 aliphatic heterocycles. The lowest BCUT2D eigenvalue weighted by Gasteiger charge is -2.62. The summed E-state index contributed by atoms with van der Waals surface area (Å²) in [5, 5.41) is 0. The van der Waals surface area contributed by atoms with Crippen molar-refractivity contribution in [3.63, 3.8) is 0 Å². The van der Waals surface area contributed by atoms with Gasteiger partial charge in [0.1, 0.15) is 6.29 Å². The van der Waals surface area contributed by atoms with Crippen LogP contribution in [0.5, 0.6) is 0 Å². The molecule has 0 radical (unpaired) electrons. The number of carbonyl (C=O) groups excluding carboxylic acids is 2. The standard InChI is InChI=1S/C37H73NO2/c1-18-24-36(17,31(8,9)19-2)33(12,13)28(26-39)32(10,11)34(14,15)29(30(38)40)27(7)25-37(22-5,23-6)35(16,20-3)21-4/h26-29H,18-25H2,1-17H3,(H2,38,40). The highest BCUT2D eigenvalue weighted by Gasteiger charge is 2.61. The second-order valence-corrected chi connectivity index (χ2v) is 16.4. The van der Waals surface area contributed by atoms with Crippen molar-refractivity contribution in [2.24, 2.45) is 61.4 Å². The molecule has 0 bridgehead atoms. The van der Waals surface area contributed by atoms with Crippen molar-refractivity contribution >= 4 is 12.2 Å². The van der Waals surface area contributed by atoms with Gasteiger partial charge >= 0.3 is 0 Å². The van der Waals surface area contributed by atoms with Crippen LogP contribution in [0.2, 0.25) is 0 Å². The first-order chi connectivity index (χ1) is 18.0. The summed E-state index contributed by atoms with van der Waals surface area (Å²) >= 11 is 0. The average Bonchev–Trinajstić information content (AvgIpc) is 2.86. The summed E-state index contributed by atoms with van der Waals surface area (Å²) in [5.41, 5.74) is 5.41. The first-order valence-corrected chi connectivity index (χ1v) is 16.8. The van der Waals surface area contributed by atoms with E-state index in [0.717, 1.165) is 51.4 Å². The van der Waals surface area contributed by atoms with Crippen LogP contribution in [0.4, 0.5) is 0 Å². The molecule has 2 N–H and O–H groups in total. The maximum absolute atomic E-state index is 13.5. The highest BCUT2D eigenvalue weighted by molar-refractivity contribution is 5.78. The van der Waals surface area contributed by atoms with Gasteiger partial charge in [0.15, 0.2) is 0 Å². The molecule has 0 saturated carbocycles. The van der Waals surface area contributed by atoms with Gasteiger partial charge in [0.25, 0.3) is 0 Å². The maximum Gasteiger partial charge on any atom is 0.221 e. The highest BCUT2D eigenvalue weighted by Crippen LogP contribution is 2.65. The molecule has 0 aliphatic rings. The van der Waals surface area contributed by atoms with Gasteiger partial charge in [-0.25, -0.2) is 0 Å². The van der Waals surface area contributed by atoms with Crippen molar-refractivity contribution < 1.29 is 9.59 Å². The Bertz CT molecular complexity index is 812. The second kappa shape index (κ2) is 13.6. The van der Waals surface area contributed by atoms with Crippen LogP contribution < -0.4 is 5.73 Å². The number of nitrogens with two attached hydrogens (primary N) is 1. The predicted octanol–water partition coefficient (Wildman–Crippen LogP) is 10.9. The van der Waals surface area contributed by atoms with E-state index in [-0.39, 0.29) is 50.7 Å². The zero-order valence-electron chi connectivity index (χ0n) is 30.4. The Morgan fingerprint density at radius 1 is 0.700 bits per heavy atom. The molecule has 0 saturated heterocycles. The molecular formula is C37H73NO2. The molecule has 0 heterocycles. The van der Waals surface area contributed by atoms with Gasteiger partial charge in [-0.15, -0.1) is 0 Å². The van der Waals surface area contributed by atoms with E-state index in [1.807, 2.05) is 0 Å². The van der Waals surface area contributed by atoms with E-state index in [2.05, 4.69) is 118 Å². The highest BCUT2D eigenvalue weighted by atomic mass is 16.1. The third kappa shape index (κ3) is 6.39. The van der Waals surface area contributed by atoms with E-state index in [0.29, 0.717) is 0 Å². The summed E-state index contributed by atoms with van der Waals surface area (Å²) in [4.78, 5) is 26.8. The van der Waals surface area contributed by atoms with Gasteiger partial charge < -0.3 is 10.5 Å². The van der Waals surface area contributed by atoms with E-state index in [9.17, 15) is 9.59 Å². The Labute approximate surface area is 252 Å². The summed E-state index contributed by atoms with van der Waals surface area (Å²) in [6.07, 6.45) is 9.79. The third-order valence-corrected chi connectivity index (χ3v) is 14.5. The van der Waals surface area contributed by atoms with Gasteiger partial charge in [-0.05, 0) is 69.5 Å². The Hall–Kier alpha value is -0.860. The van der Waals surface area contributed by atoms with Crippen molar-refractivity contribution in [2.75, 3.05) is 0 Å². The van der Waals surface area contributed by atoms with Gasteiger partial charge in [-0.3, -0.25) is 4.79 Å². The summed E-state index contributed by atoms with van der Waals surface area (Å²) in [6, 6.07) is 0. The molecule has 4 unspecified atom stereocenters. The molecule has 3 nitrogen and oxygen atoms in total. The van der Waals surface area contributed by atoms with E-state index in [1.54, 1.807) is 0 Å². The van der Waals surface area contributed by atoms with Crippen molar-refractivity contribution in [2.45, 2.75) is 169 Å². The normalized spacial score (nSPS) is 18.1. The molecule has 0 aliphatic carbocycles. The summed E-state index contributed by atoms with van der Waals surface area (Å²) in [7, 11) is 0. The minimum atomic E-state index is -0.493. The first-order valence-electron chi connectivity index (χ1n) is 16.8. The number of primary amides is 1. The first kappa shape index (κ1) is 39.1. The predicted molar refractivity (Wildman–Crippen MR) is 176 cm³/mol. The molecule has 4 atom stereocenters. The fourth-order valence-electron chi connectivity index (χ4n) is 9.53. The van der Waals surface area contributed by atoms with Crippen LogP contribution in [0.25, 0.3) is 0 Å². The van der Waals surface area contributed by atoms with Gasteiger partial charge in [-0.2, -0.15) is 0 Å². The van der Waals surface area contributed by atoms with E-state index in [4.69, 9.17) is 5.73 Å². The molecule has 0 fully saturated rings. The number of aldehydes is 1. The summed E-state index contributed by atoms with van der Waals surface area (Å²) in [5.74, 6) is -0.708. The van der Waals surface area contributed by atoms with Crippen molar-refractivity contribution in [3.05, 3.63) is 0 Å². The molecule has 0 aromatic carbocycles. The number of amides is 1. The van der Waals surface area contributed by atoms with Crippen LogP contribution in [0.1, 0.15) is 169 Å². The monoisotopic (exact) mass is 564 g/mol. The summed E-state index contributed by atoms with van der Waals surface area (Å²) < 4.78 is 0. The third-order valence-electron chi connectivity index (χ3n) is 14.5. The fraction of sp³-hybridized carbons (Fsp3) is 0.946. The fourth-order valence-corrected chi connectivity index (χ4v) is 9.53. The molecule has 238 valence electrons. The van der Waals surface area contributed by atoms with E-state index >= 15 is 0 Å². The minimum Gasteiger partial charge on any atom is -0.369 e. The number of hydrogen-bond donors (Lipinski definition) is 1. The van der Waals surface area contributed by atoms with Gasteiger partial charge in [0.05, 0.1) is 0 Å². The van der Waals surface area contributed by atoms with Crippen LogP contribution in [-0.2, 0) is 9.59 Å². The molecule has 0 spiro atoms. The lowest BCUT2D eigenvalue weighted by Crippen LogP contribution is -2.59. The number of hydrogen-bond acceptors (Lipinski definition) is 2. The second-order valence-electron chi connectivity index (χ2n) is 16.4. The molecular weight excluding hydrogens is 490 g/mol. The lowest BCUT2D eigenvalue weighted by atomic mass is 9.41. The van der Waals surface area contributed by atoms with Crippen molar-refractivity contribution in [1.29, 1.82) is 0 Å². The summed E-state index contributed by atoms with van der Waals surface area (Å²) in [6.45, 7) is 39.1. The Kier molecular flexibility index (Phi) is 13.3. The van der Waals surface area contributed by atoms with Crippen LogP contribution in [0.3, 0.4) is 0 Å². The minimum absolute atomic E-state index is 0.0526. The zero-order valence-corrected chi connectivity index (χ0v) is 30.4. The van der Waals surface area contributed by atoms with E-state index < -0.39 is 10.8 Å². The Balaban J connectivity index is 7.06. The SMILES string of the molecule is CCCC(C)(C(C)(C)CC)C(C)(C)C(C=O)C(C)(C)C(C)(C)C(C(N)=O)C(C)CC(CC)(CC)C(C)(CC)CC. The van der Waals surface area contributed by atoms with Gasteiger partial charge in [-0.1, -0.05) is 143 Å². The van der Waals surface area contributed by atoms with Crippen LogP contribution >= 0.6 is 0 Å². The molecule has 1 amide bonds. The number of carbonyl (C=O) groups is 2. The van der Waals surface area contributed by atoms with Gasteiger partial charge in [0.2, 0.25) is 5.91 Å². The Morgan fingerprint density at radius 3 is 1.45 bits per heavy atom. The van der Waals surface area contributed by atoms with Gasteiger partial charge in [0, 0.05) is 11.8 Å². The van der Waals surface area contributed by atoms with Crippen LogP contribution in [0, 0.1) is 55.7 Å². The molecule has 0 aromatic heterocycles. The largest absolute Gasteiger partial charge is 0.369 e. The van der Waals surface area contributed by atoms with Crippen LogP contribution in [-0.4, -0.2) is 12.2 Å². The smallest absolute Gasteiger partial charge is 0.221 e. The molecule has 40 heavy (non-hydrogen) atoms. The van der Waals surface area contributed by atoms with E-state index in [1.165, 1.54) is 6.29 Å². The van der Waals surface area contributed by atoms with Crippen molar-refractivity contribution in [3.8, 4) is 0 Å². The average molecular weight is 564 g/mol. The molecule has 0 rings (SSSR count). The molecule has 0 aromatic rings. The zero-order chi connectivity index (χ0) is 32.2.